The van der Waals surface area contributed by atoms with E-state index in [1.165, 1.54) is 30.8 Å². The molecule has 0 spiro atoms. The normalized spacial score (nSPS) is 14.6. The van der Waals surface area contributed by atoms with Gasteiger partial charge in [-0.3, -0.25) is 4.79 Å². The number of hydrogen-bond acceptors (Lipinski definition) is 5. The second kappa shape index (κ2) is 7.70. The first kappa shape index (κ1) is 18.1. The van der Waals surface area contributed by atoms with Gasteiger partial charge < -0.3 is 14.8 Å². The van der Waals surface area contributed by atoms with Gasteiger partial charge in [0.05, 0.1) is 30.2 Å². The third-order valence-corrected chi connectivity index (χ3v) is 5.71. The van der Waals surface area contributed by atoms with Crippen molar-refractivity contribution in [1.82, 2.24) is 4.37 Å². The van der Waals surface area contributed by atoms with E-state index in [0.717, 1.165) is 25.7 Å². The number of halogens is 2. The number of anilines is 1. The average Bonchev–Trinajstić information content (AvgIpc) is 3.21. The summed E-state index contributed by atoms with van der Waals surface area (Å²) < 4.78 is 30.4. The summed E-state index contributed by atoms with van der Waals surface area (Å²) in [6.07, 6.45) is 4.21. The molecule has 0 atom stereocenters. The highest BCUT2D eigenvalue weighted by atomic mass is 79.9. The Morgan fingerprint density at radius 2 is 2.08 bits per heavy atom. The molecule has 25 heavy (non-hydrogen) atoms. The standard InChI is InChI=1S/C17H18BrFN2O3S/c1-9-15(16(18)25-21-9)20-17(22)11-7-14(13(23-2)8-12(11)19)24-10-5-3-4-6-10/h7-8,10H,3-6H2,1-2H3,(H,20,22). The van der Waals surface area contributed by atoms with Crippen molar-refractivity contribution in [2.24, 2.45) is 0 Å². The lowest BCUT2D eigenvalue weighted by Gasteiger charge is -2.17. The Balaban J connectivity index is 1.88. The molecule has 1 aromatic heterocycles. The van der Waals surface area contributed by atoms with Gasteiger partial charge in [-0.15, -0.1) is 0 Å². The maximum absolute atomic E-state index is 14.4. The quantitative estimate of drug-likeness (QED) is 0.732. The Morgan fingerprint density at radius 3 is 2.68 bits per heavy atom. The maximum Gasteiger partial charge on any atom is 0.258 e. The van der Waals surface area contributed by atoms with Crippen LogP contribution in [-0.2, 0) is 0 Å². The first-order valence-corrected chi connectivity index (χ1v) is 9.53. The molecule has 0 unspecified atom stereocenters. The number of rotatable bonds is 5. The number of aromatic nitrogens is 1. The number of methoxy groups -OCH3 is 1. The SMILES string of the molecule is COc1cc(F)c(C(=O)Nc2c(C)nsc2Br)cc1OC1CCCC1. The molecule has 0 radical (unpaired) electrons. The van der Waals surface area contributed by atoms with Gasteiger partial charge in [0.1, 0.15) is 9.60 Å². The van der Waals surface area contributed by atoms with Crippen molar-refractivity contribution in [1.29, 1.82) is 0 Å². The summed E-state index contributed by atoms with van der Waals surface area (Å²) >= 11 is 4.55. The molecule has 1 aliphatic carbocycles. The summed E-state index contributed by atoms with van der Waals surface area (Å²) in [5.41, 5.74) is 1.12. The van der Waals surface area contributed by atoms with E-state index in [0.29, 0.717) is 20.9 Å². The fraction of sp³-hybridized carbons (Fsp3) is 0.412. The van der Waals surface area contributed by atoms with Crippen LogP contribution in [0.1, 0.15) is 41.7 Å². The van der Waals surface area contributed by atoms with E-state index in [-0.39, 0.29) is 17.4 Å². The molecule has 1 heterocycles. The van der Waals surface area contributed by atoms with Crippen LogP contribution < -0.4 is 14.8 Å². The molecule has 5 nitrogen and oxygen atoms in total. The molecule has 1 aromatic carbocycles. The Bertz CT molecular complexity index is 771. The van der Waals surface area contributed by atoms with Crippen molar-refractivity contribution in [2.75, 3.05) is 12.4 Å². The molecule has 3 rings (SSSR count). The van der Waals surface area contributed by atoms with Gasteiger partial charge in [0, 0.05) is 6.07 Å². The molecule has 0 saturated heterocycles. The van der Waals surface area contributed by atoms with Crippen LogP contribution in [-0.4, -0.2) is 23.5 Å². The number of nitrogens with zero attached hydrogens (tertiary/aromatic N) is 1. The van der Waals surface area contributed by atoms with E-state index in [4.69, 9.17) is 9.47 Å². The summed E-state index contributed by atoms with van der Waals surface area (Å²) in [6, 6.07) is 2.60. The number of benzene rings is 1. The lowest BCUT2D eigenvalue weighted by molar-refractivity contribution is 0.102. The number of aryl methyl sites for hydroxylation is 1. The first-order chi connectivity index (χ1) is 12.0. The lowest BCUT2D eigenvalue weighted by atomic mass is 10.1. The van der Waals surface area contributed by atoms with E-state index in [9.17, 15) is 9.18 Å². The molecular formula is C17H18BrFN2O3S. The van der Waals surface area contributed by atoms with Gasteiger partial charge in [-0.2, -0.15) is 4.37 Å². The highest BCUT2D eigenvalue weighted by Gasteiger charge is 2.23. The van der Waals surface area contributed by atoms with Gasteiger partial charge in [0.2, 0.25) is 0 Å². The predicted octanol–water partition coefficient (Wildman–Crippen LogP) is 4.94. The minimum Gasteiger partial charge on any atom is -0.493 e. The second-order valence-corrected chi connectivity index (χ2v) is 7.97. The maximum atomic E-state index is 14.4. The van der Waals surface area contributed by atoms with Gasteiger partial charge in [-0.25, -0.2) is 4.39 Å². The number of ether oxygens (including phenoxy) is 2. The number of nitrogens with one attached hydrogen (secondary N) is 1. The highest BCUT2D eigenvalue weighted by molar-refractivity contribution is 9.11. The Kier molecular flexibility index (Phi) is 5.58. The van der Waals surface area contributed by atoms with E-state index in [2.05, 4.69) is 25.6 Å². The number of carbonyl (C=O) groups is 1. The van der Waals surface area contributed by atoms with E-state index in [1.54, 1.807) is 6.92 Å². The second-order valence-electron chi connectivity index (χ2n) is 5.88. The predicted molar refractivity (Wildman–Crippen MR) is 98.3 cm³/mol. The zero-order chi connectivity index (χ0) is 18.0. The molecule has 8 heteroatoms. The van der Waals surface area contributed by atoms with Crippen LogP contribution in [0.4, 0.5) is 10.1 Å². The summed E-state index contributed by atoms with van der Waals surface area (Å²) in [4.78, 5) is 12.5. The van der Waals surface area contributed by atoms with Crippen molar-refractivity contribution in [3.8, 4) is 11.5 Å². The lowest BCUT2D eigenvalue weighted by Crippen LogP contribution is -2.16. The van der Waals surface area contributed by atoms with Crippen LogP contribution in [0.25, 0.3) is 0 Å². The summed E-state index contributed by atoms with van der Waals surface area (Å²) in [6.45, 7) is 1.77. The van der Waals surface area contributed by atoms with Crippen molar-refractivity contribution in [3.63, 3.8) is 0 Å². The number of carbonyl (C=O) groups excluding carboxylic acids is 1. The molecule has 1 aliphatic rings. The molecule has 1 fully saturated rings. The smallest absolute Gasteiger partial charge is 0.258 e. The van der Waals surface area contributed by atoms with Gasteiger partial charge in [0.25, 0.3) is 5.91 Å². The van der Waals surface area contributed by atoms with Crippen LogP contribution >= 0.6 is 27.5 Å². The minimum absolute atomic E-state index is 0.0766. The van der Waals surface area contributed by atoms with Crippen molar-refractivity contribution in [2.45, 2.75) is 38.7 Å². The first-order valence-electron chi connectivity index (χ1n) is 7.97. The zero-order valence-corrected chi connectivity index (χ0v) is 16.3. The number of hydrogen-bond donors (Lipinski definition) is 1. The molecule has 0 aliphatic heterocycles. The van der Waals surface area contributed by atoms with Crippen LogP contribution in [0.2, 0.25) is 0 Å². The molecule has 0 bridgehead atoms. The van der Waals surface area contributed by atoms with Gasteiger partial charge in [-0.05, 0) is 66.1 Å². The average molecular weight is 429 g/mol. The molecule has 2 aromatic rings. The van der Waals surface area contributed by atoms with E-state index < -0.39 is 11.7 Å². The number of amides is 1. The highest BCUT2D eigenvalue weighted by Crippen LogP contribution is 2.35. The van der Waals surface area contributed by atoms with Gasteiger partial charge in [-0.1, -0.05) is 0 Å². The third kappa shape index (κ3) is 3.95. The monoisotopic (exact) mass is 428 g/mol. The topological polar surface area (TPSA) is 60.5 Å². The summed E-state index contributed by atoms with van der Waals surface area (Å²) in [5.74, 6) is -0.541. The van der Waals surface area contributed by atoms with Crippen molar-refractivity contribution < 1.29 is 18.7 Å². The van der Waals surface area contributed by atoms with Crippen molar-refractivity contribution >= 4 is 39.1 Å². The Hall–Kier alpha value is -1.67. The molecule has 1 saturated carbocycles. The van der Waals surface area contributed by atoms with Gasteiger partial charge in [0.15, 0.2) is 11.5 Å². The largest absolute Gasteiger partial charge is 0.493 e. The van der Waals surface area contributed by atoms with Crippen LogP contribution in [0.5, 0.6) is 11.5 Å². The van der Waals surface area contributed by atoms with Crippen LogP contribution in [0.15, 0.2) is 15.9 Å². The summed E-state index contributed by atoms with van der Waals surface area (Å²) in [7, 11) is 1.45. The zero-order valence-electron chi connectivity index (χ0n) is 13.9. The van der Waals surface area contributed by atoms with Crippen LogP contribution in [0, 0.1) is 12.7 Å². The van der Waals surface area contributed by atoms with E-state index in [1.807, 2.05) is 0 Å². The Labute approximate surface area is 157 Å². The van der Waals surface area contributed by atoms with Crippen molar-refractivity contribution in [3.05, 3.63) is 33.0 Å². The van der Waals surface area contributed by atoms with Gasteiger partial charge >= 0.3 is 0 Å². The fourth-order valence-electron chi connectivity index (χ4n) is 2.81. The fourth-order valence-corrected chi connectivity index (χ4v) is 4.01. The Morgan fingerprint density at radius 1 is 1.36 bits per heavy atom. The van der Waals surface area contributed by atoms with Crippen LogP contribution in [0.3, 0.4) is 0 Å². The molecule has 1 amide bonds. The summed E-state index contributed by atoms with van der Waals surface area (Å²) in [5, 5.41) is 2.70. The molecular weight excluding hydrogens is 411 g/mol. The third-order valence-electron chi connectivity index (χ3n) is 4.15. The molecule has 1 N–H and O–H groups in total. The van der Waals surface area contributed by atoms with E-state index >= 15 is 0 Å². The molecule has 134 valence electrons. The minimum atomic E-state index is -0.662.